The molecular weight excluding hydrogens is 380 g/mol. The predicted molar refractivity (Wildman–Crippen MR) is 105 cm³/mol. The second kappa shape index (κ2) is 8.99. The molecule has 0 heterocycles. The normalized spacial score (nSPS) is 12.5. The first-order valence-electron chi connectivity index (χ1n) is 8.65. The molecule has 2 rings (SSSR count). The molecule has 0 radical (unpaired) electrons. The molecule has 7 nitrogen and oxygen atoms in total. The maximum absolute atomic E-state index is 12.5. The van der Waals surface area contributed by atoms with Crippen LogP contribution in [-0.2, 0) is 26.1 Å². The minimum atomic E-state index is -3.68. The van der Waals surface area contributed by atoms with Crippen molar-refractivity contribution in [3.05, 3.63) is 65.7 Å². The van der Waals surface area contributed by atoms with Crippen LogP contribution >= 0.6 is 0 Å². The summed E-state index contributed by atoms with van der Waals surface area (Å²) in [5, 5.41) is 0. The lowest BCUT2D eigenvalue weighted by atomic mass is 10.2. The minimum Gasteiger partial charge on any atom is -0.449 e. The number of hydrogen-bond donors (Lipinski definition) is 0. The van der Waals surface area contributed by atoms with E-state index >= 15 is 0 Å². The third-order valence-electron chi connectivity index (χ3n) is 4.12. The smallest absolute Gasteiger partial charge is 0.338 e. The third kappa shape index (κ3) is 5.17. The fourth-order valence-electron chi connectivity index (χ4n) is 2.52. The van der Waals surface area contributed by atoms with E-state index in [4.69, 9.17) is 4.74 Å². The Morgan fingerprint density at radius 1 is 1.00 bits per heavy atom. The number of carbonyl (C=O) groups is 2. The van der Waals surface area contributed by atoms with E-state index in [1.165, 1.54) is 50.2 Å². The monoisotopic (exact) mass is 404 g/mol. The zero-order valence-corrected chi connectivity index (χ0v) is 17.1. The number of benzene rings is 2. The topological polar surface area (TPSA) is 84.0 Å². The van der Waals surface area contributed by atoms with Crippen LogP contribution in [0.4, 0.5) is 0 Å². The van der Waals surface area contributed by atoms with Crippen molar-refractivity contribution in [2.45, 2.75) is 24.5 Å². The lowest BCUT2D eigenvalue weighted by molar-refractivity contribution is -0.139. The van der Waals surface area contributed by atoms with Crippen molar-refractivity contribution < 1.29 is 22.7 Å². The van der Waals surface area contributed by atoms with Crippen LogP contribution in [0.15, 0.2) is 59.5 Å². The molecule has 0 fully saturated rings. The molecule has 2 aromatic carbocycles. The molecule has 0 saturated heterocycles. The van der Waals surface area contributed by atoms with Crippen LogP contribution in [0.2, 0.25) is 0 Å². The number of carbonyl (C=O) groups excluding carboxylic acids is 2. The van der Waals surface area contributed by atoms with Gasteiger partial charge in [0.05, 0.1) is 10.5 Å². The number of nitrogens with zero attached hydrogens (tertiary/aromatic N) is 2. The molecule has 1 amide bonds. The van der Waals surface area contributed by atoms with Crippen LogP contribution in [0.1, 0.15) is 22.8 Å². The van der Waals surface area contributed by atoms with E-state index in [9.17, 15) is 18.0 Å². The van der Waals surface area contributed by atoms with E-state index < -0.39 is 22.1 Å². The molecule has 0 aliphatic heterocycles. The van der Waals surface area contributed by atoms with E-state index in [1.807, 2.05) is 30.3 Å². The molecule has 0 aromatic heterocycles. The van der Waals surface area contributed by atoms with Crippen molar-refractivity contribution in [1.82, 2.24) is 9.21 Å². The highest BCUT2D eigenvalue weighted by Crippen LogP contribution is 2.16. The van der Waals surface area contributed by atoms with Gasteiger partial charge in [0.2, 0.25) is 10.0 Å². The Morgan fingerprint density at radius 3 is 2.25 bits per heavy atom. The van der Waals surface area contributed by atoms with Gasteiger partial charge in [-0.25, -0.2) is 17.5 Å². The fraction of sp³-hybridized carbons (Fsp3) is 0.300. The summed E-state index contributed by atoms with van der Waals surface area (Å²) in [6, 6.07) is 15.0. The number of esters is 1. The summed E-state index contributed by atoms with van der Waals surface area (Å²) in [6.45, 7) is 1.88. The molecule has 0 saturated carbocycles. The number of hydrogen-bond acceptors (Lipinski definition) is 5. The Hall–Kier alpha value is -2.71. The largest absolute Gasteiger partial charge is 0.449 e. The molecule has 0 unspecified atom stereocenters. The number of sulfonamides is 1. The van der Waals surface area contributed by atoms with Crippen LogP contribution in [-0.4, -0.2) is 56.7 Å². The van der Waals surface area contributed by atoms with E-state index in [-0.39, 0.29) is 16.4 Å². The van der Waals surface area contributed by atoms with Crippen molar-refractivity contribution in [1.29, 1.82) is 0 Å². The molecule has 2 aromatic rings. The maximum Gasteiger partial charge on any atom is 0.338 e. The second-order valence-electron chi connectivity index (χ2n) is 6.54. The lowest BCUT2D eigenvalue weighted by Gasteiger charge is -2.21. The quantitative estimate of drug-likeness (QED) is 0.660. The summed E-state index contributed by atoms with van der Waals surface area (Å²) in [6.07, 6.45) is -1.00. The average molecular weight is 404 g/mol. The Balaban J connectivity index is 2.06. The van der Waals surface area contributed by atoms with Crippen LogP contribution < -0.4 is 0 Å². The van der Waals surface area contributed by atoms with E-state index in [0.29, 0.717) is 6.54 Å². The number of ether oxygens (including phenoxy) is 1. The van der Waals surface area contributed by atoms with Gasteiger partial charge in [-0.05, 0) is 30.7 Å². The van der Waals surface area contributed by atoms with Gasteiger partial charge in [0.15, 0.2) is 6.10 Å². The molecule has 8 heteroatoms. The van der Waals surface area contributed by atoms with Crippen molar-refractivity contribution in [2.75, 3.05) is 21.1 Å². The van der Waals surface area contributed by atoms with Crippen molar-refractivity contribution in [2.24, 2.45) is 0 Å². The zero-order valence-electron chi connectivity index (χ0n) is 16.3. The fourth-order valence-corrected chi connectivity index (χ4v) is 3.47. The predicted octanol–water partition coefficient (Wildman–Crippen LogP) is 2.14. The van der Waals surface area contributed by atoms with E-state index in [1.54, 1.807) is 7.05 Å². The Bertz CT molecular complexity index is 942. The first-order valence-corrected chi connectivity index (χ1v) is 10.1. The minimum absolute atomic E-state index is 0.0212. The Kier molecular flexibility index (Phi) is 6.93. The van der Waals surface area contributed by atoms with E-state index in [0.717, 1.165) is 9.87 Å². The molecule has 0 spiro atoms. The number of amides is 1. The van der Waals surface area contributed by atoms with Gasteiger partial charge < -0.3 is 9.64 Å². The maximum atomic E-state index is 12.5. The Labute approximate surface area is 165 Å². The summed E-state index contributed by atoms with van der Waals surface area (Å²) < 4.78 is 30.7. The van der Waals surface area contributed by atoms with Crippen LogP contribution in [0.25, 0.3) is 0 Å². The molecular formula is C20H24N2O5S. The number of likely N-dealkylation sites (N-methyl/N-ethyl adjacent to an activating group) is 1. The first kappa shape index (κ1) is 21.6. The van der Waals surface area contributed by atoms with Crippen molar-refractivity contribution >= 4 is 21.9 Å². The molecule has 28 heavy (non-hydrogen) atoms. The van der Waals surface area contributed by atoms with Crippen molar-refractivity contribution in [3.8, 4) is 0 Å². The highest BCUT2D eigenvalue weighted by Gasteiger charge is 2.24. The summed E-state index contributed by atoms with van der Waals surface area (Å²) in [7, 11) is 0.766. The van der Waals surface area contributed by atoms with Gasteiger partial charge in [0, 0.05) is 27.7 Å². The summed E-state index contributed by atoms with van der Waals surface area (Å²) in [5.74, 6) is -1.11. The van der Waals surface area contributed by atoms with Gasteiger partial charge in [-0.1, -0.05) is 36.4 Å². The van der Waals surface area contributed by atoms with Gasteiger partial charge >= 0.3 is 5.97 Å². The summed E-state index contributed by atoms with van der Waals surface area (Å²) in [5.41, 5.74) is 1.02. The zero-order chi connectivity index (χ0) is 20.9. The molecule has 150 valence electrons. The van der Waals surface area contributed by atoms with Crippen molar-refractivity contribution in [3.63, 3.8) is 0 Å². The van der Waals surface area contributed by atoms with Gasteiger partial charge in [-0.3, -0.25) is 4.79 Å². The average Bonchev–Trinajstić information content (AvgIpc) is 2.67. The molecule has 0 aliphatic carbocycles. The third-order valence-corrected chi connectivity index (χ3v) is 5.93. The van der Waals surface area contributed by atoms with Crippen LogP contribution in [0, 0.1) is 0 Å². The van der Waals surface area contributed by atoms with E-state index in [2.05, 4.69) is 0 Å². The first-order chi connectivity index (χ1) is 13.1. The standard InChI is InChI=1S/C20H24N2O5S/c1-15(19(23)22(4)14-16-9-6-5-7-10-16)27-20(24)17-11-8-12-18(13-17)28(25,26)21(2)3/h5-13,15H,14H2,1-4H3/t15-/m0/s1. The van der Waals surface area contributed by atoms with Gasteiger partial charge in [0.25, 0.3) is 5.91 Å². The lowest BCUT2D eigenvalue weighted by Crippen LogP contribution is -2.37. The summed E-state index contributed by atoms with van der Waals surface area (Å²) in [4.78, 5) is 26.3. The SMILES string of the molecule is C[C@H](OC(=O)c1cccc(S(=O)(=O)N(C)C)c1)C(=O)N(C)Cc1ccccc1. The molecule has 0 aliphatic rings. The molecule has 0 bridgehead atoms. The van der Waals surface area contributed by atoms with Crippen LogP contribution in [0.3, 0.4) is 0 Å². The van der Waals surface area contributed by atoms with Crippen LogP contribution in [0.5, 0.6) is 0 Å². The van der Waals surface area contributed by atoms with Gasteiger partial charge in [-0.2, -0.15) is 0 Å². The highest BCUT2D eigenvalue weighted by atomic mass is 32.2. The molecule has 0 N–H and O–H groups in total. The number of rotatable bonds is 7. The van der Waals surface area contributed by atoms with Gasteiger partial charge in [-0.15, -0.1) is 0 Å². The second-order valence-corrected chi connectivity index (χ2v) is 8.69. The van der Waals surface area contributed by atoms with Gasteiger partial charge in [0.1, 0.15) is 0 Å². The summed E-state index contributed by atoms with van der Waals surface area (Å²) >= 11 is 0. The molecule has 1 atom stereocenters. The highest BCUT2D eigenvalue weighted by molar-refractivity contribution is 7.89. The Morgan fingerprint density at radius 2 is 1.64 bits per heavy atom.